The quantitative estimate of drug-likeness (QED) is 0.806. The molecule has 0 heterocycles. The van der Waals surface area contributed by atoms with Crippen molar-refractivity contribution in [2.24, 2.45) is 0 Å². The monoisotopic (exact) mass is 309 g/mol. The minimum absolute atomic E-state index is 0.250. The molecule has 4 heteroatoms. The lowest BCUT2D eigenvalue weighted by Crippen LogP contribution is -2.41. The Kier molecular flexibility index (Phi) is 5.69. The van der Waals surface area contributed by atoms with Crippen molar-refractivity contribution in [3.63, 3.8) is 0 Å². The molecule has 1 amide bonds. The molecule has 0 spiro atoms. The summed E-state index contributed by atoms with van der Waals surface area (Å²) in [5.74, 6) is -1.47. The van der Waals surface area contributed by atoms with E-state index in [1.807, 2.05) is 61.5 Å². The van der Waals surface area contributed by atoms with E-state index in [1.165, 1.54) is 6.08 Å². The molecule has 4 nitrogen and oxygen atoms in total. The number of amides is 1. The predicted octanol–water partition coefficient (Wildman–Crippen LogP) is 2.82. The lowest BCUT2D eigenvalue weighted by Gasteiger charge is -2.13. The number of carboxylic acid groups (broad SMARTS) is 1. The Morgan fingerprint density at radius 3 is 2.35 bits per heavy atom. The lowest BCUT2D eigenvalue weighted by atomic mass is 10.1. The van der Waals surface area contributed by atoms with Crippen LogP contribution in [0.3, 0.4) is 0 Å². The van der Waals surface area contributed by atoms with Crippen molar-refractivity contribution in [3.8, 4) is 0 Å². The van der Waals surface area contributed by atoms with Crippen LogP contribution in [0.2, 0.25) is 0 Å². The van der Waals surface area contributed by atoms with Crippen LogP contribution in [0, 0.1) is 6.92 Å². The fourth-order valence-electron chi connectivity index (χ4n) is 2.12. The van der Waals surface area contributed by atoms with Gasteiger partial charge in [-0.2, -0.15) is 0 Å². The summed E-state index contributed by atoms with van der Waals surface area (Å²) in [4.78, 5) is 23.2. The van der Waals surface area contributed by atoms with Gasteiger partial charge in [-0.15, -0.1) is 0 Å². The first-order valence-electron chi connectivity index (χ1n) is 7.36. The van der Waals surface area contributed by atoms with Gasteiger partial charge >= 0.3 is 5.97 Å². The third kappa shape index (κ3) is 5.43. The maximum absolute atomic E-state index is 11.9. The van der Waals surface area contributed by atoms with Gasteiger partial charge in [0.2, 0.25) is 5.91 Å². The highest BCUT2D eigenvalue weighted by atomic mass is 16.4. The number of hydrogen-bond donors (Lipinski definition) is 2. The largest absolute Gasteiger partial charge is 0.480 e. The van der Waals surface area contributed by atoms with E-state index in [1.54, 1.807) is 6.08 Å². The normalized spacial score (nSPS) is 12.0. The summed E-state index contributed by atoms with van der Waals surface area (Å²) in [5, 5.41) is 11.8. The molecule has 0 unspecified atom stereocenters. The molecule has 0 saturated carbocycles. The van der Waals surface area contributed by atoms with Gasteiger partial charge in [0.1, 0.15) is 6.04 Å². The fourth-order valence-corrected chi connectivity index (χ4v) is 2.12. The van der Waals surface area contributed by atoms with Gasteiger partial charge in [0.05, 0.1) is 0 Å². The van der Waals surface area contributed by atoms with Gasteiger partial charge in [-0.05, 0) is 24.1 Å². The highest BCUT2D eigenvalue weighted by Gasteiger charge is 2.19. The van der Waals surface area contributed by atoms with Gasteiger partial charge in [-0.25, -0.2) is 4.79 Å². The number of carbonyl (C=O) groups excluding carboxylic acids is 1. The Morgan fingerprint density at radius 1 is 1.09 bits per heavy atom. The zero-order chi connectivity index (χ0) is 16.7. The number of aliphatic carboxylic acids is 1. The summed E-state index contributed by atoms with van der Waals surface area (Å²) in [6.07, 6.45) is 3.27. The maximum Gasteiger partial charge on any atom is 0.326 e. The van der Waals surface area contributed by atoms with E-state index in [0.29, 0.717) is 0 Å². The molecule has 0 saturated heterocycles. The number of carboxylic acids is 1. The molecule has 1 atom stereocenters. The van der Waals surface area contributed by atoms with Crippen LogP contribution >= 0.6 is 0 Å². The van der Waals surface area contributed by atoms with E-state index in [0.717, 1.165) is 16.7 Å². The third-order valence-corrected chi connectivity index (χ3v) is 3.40. The van der Waals surface area contributed by atoms with Crippen LogP contribution in [0.5, 0.6) is 0 Å². The van der Waals surface area contributed by atoms with Gasteiger partial charge in [0.15, 0.2) is 0 Å². The molecule has 0 fully saturated rings. The van der Waals surface area contributed by atoms with Crippen LogP contribution in [0.4, 0.5) is 0 Å². The second kappa shape index (κ2) is 7.94. The second-order valence-corrected chi connectivity index (χ2v) is 5.33. The van der Waals surface area contributed by atoms with Crippen molar-refractivity contribution in [1.82, 2.24) is 5.32 Å². The average Bonchev–Trinajstić information content (AvgIpc) is 2.54. The van der Waals surface area contributed by atoms with E-state index >= 15 is 0 Å². The summed E-state index contributed by atoms with van der Waals surface area (Å²) in [5.41, 5.74) is 2.89. The van der Waals surface area contributed by atoms with Crippen molar-refractivity contribution >= 4 is 18.0 Å². The molecular formula is C19H19NO3. The average molecular weight is 309 g/mol. The van der Waals surface area contributed by atoms with E-state index in [4.69, 9.17) is 0 Å². The number of benzene rings is 2. The van der Waals surface area contributed by atoms with Crippen LogP contribution in [-0.2, 0) is 16.0 Å². The van der Waals surface area contributed by atoms with Crippen molar-refractivity contribution < 1.29 is 14.7 Å². The summed E-state index contributed by atoms with van der Waals surface area (Å²) >= 11 is 0. The molecule has 2 aromatic rings. The topological polar surface area (TPSA) is 66.4 Å². The SMILES string of the molecule is Cc1ccc(/C=C/C(=O)N[C@@H](Cc2ccccc2)C(=O)O)cc1. The molecule has 2 rings (SSSR count). The van der Waals surface area contributed by atoms with E-state index in [2.05, 4.69) is 5.32 Å². The zero-order valence-electron chi connectivity index (χ0n) is 12.9. The van der Waals surface area contributed by atoms with E-state index in [9.17, 15) is 14.7 Å². The molecule has 2 aromatic carbocycles. The Balaban J connectivity index is 1.98. The molecule has 0 aromatic heterocycles. The van der Waals surface area contributed by atoms with Crippen LogP contribution in [0.15, 0.2) is 60.7 Å². The van der Waals surface area contributed by atoms with E-state index in [-0.39, 0.29) is 6.42 Å². The zero-order valence-corrected chi connectivity index (χ0v) is 12.9. The summed E-state index contributed by atoms with van der Waals surface area (Å²) < 4.78 is 0. The second-order valence-electron chi connectivity index (χ2n) is 5.33. The van der Waals surface area contributed by atoms with Gasteiger partial charge in [0.25, 0.3) is 0 Å². The number of nitrogens with one attached hydrogen (secondary N) is 1. The number of hydrogen-bond acceptors (Lipinski definition) is 2. The first kappa shape index (κ1) is 16.5. The minimum Gasteiger partial charge on any atom is -0.480 e. The Bertz CT molecular complexity index is 690. The fraction of sp³-hybridized carbons (Fsp3) is 0.158. The highest BCUT2D eigenvalue weighted by Crippen LogP contribution is 2.06. The summed E-state index contributed by atoms with van der Waals surface area (Å²) in [7, 11) is 0. The summed E-state index contributed by atoms with van der Waals surface area (Å²) in [6.45, 7) is 1.99. The number of carbonyl (C=O) groups is 2. The highest BCUT2D eigenvalue weighted by molar-refractivity contribution is 5.94. The van der Waals surface area contributed by atoms with Crippen LogP contribution < -0.4 is 5.32 Å². The number of rotatable bonds is 6. The Morgan fingerprint density at radius 2 is 1.74 bits per heavy atom. The minimum atomic E-state index is -1.05. The standard InChI is InChI=1S/C19H19NO3/c1-14-7-9-15(10-8-14)11-12-18(21)20-17(19(22)23)13-16-5-3-2-4-6-16/h2-12,17H,13H2,1H3,(H,20,21)(H,22,23)/b12-11+/t17-/m0/s1. The van der Waals surface area contributed by atoms with Gasteiger partial charge in [-0.3, -0.25) is 4.79 Å². The first-order valence-corrected chi connectivity index (χ1v) is 7.36. The van der Waals surface area contributed by atoms with Crippen molar-refractivity contribution in [3.05, 3.63) is 77.4 Å². The molecule has 0 aliphatic carbocycles. The van der Waals surface area contributed by atoms with Crippen LogP contribution in [0.25, 0.3) is 6.08 Å². The van der Waals surface area contributed by atoms with Crippen LogP contribution in [-0.4, -0.2) is 23.0 Å². The Hall–Kier alpha value is -2.88. The van der Waals surface area contributed by atoms with Crippen molar-refractivity contribution in [2.75, 3.05) is 0 Å². The van der Waals surface area contributed by atoms with E-state index < -0.39 is 17.9 Å². The van der Waals surface area contributed by atoms with Gasteiger partial charge < -0.3 is 10.4 Å². The third-order valence-electron chi connectivity index (χ3n) is 3.40. The molecule has 0 aliphatic heterocycles. The van der Waals surface area contributed by atoms with Crippen molar-refractivity contribution in [2.45, 2.75) is 19.4 Å². The predicted molar refractivity (Wildman–Crippen MR) is 89.9 cm³/mol. The van der Waals surface area contributed by atoms with Gasteiger partial charge in [-0.1, -0.05) is 60.2 Å². The lowest BCUT2D eigenvalue weighted by molar-refractivity contribution is -0.141. The van der Waals surface area contributed by atoms with Crippen molar-refractivity contribution in [1.29, 1.82) is 0 Å². The molecular weight excluding hydrogens is 290 g/mol. The first-order chi connectivity index (χ1) is 11.0. The smallest absolute Gasteiger partial charge is 0.326 e. The summed E-state index contributed by atoms with van der Waals surface area (Å²) in [6, 6.07) is 16.0. The molecule has 0 bridgehead atoms. The molecule has 23 heavy (non-hydrogen) atoms. The number of aryl methyl sites for hydroxylation is 1. The molecule has 118 valence electrons. The molecule has 2 N–H and O–H groups in total. The maximum atomic E-state index is 11.9. The van der Waals surface area contributed by atoms with Gasteiger partial charge in [0, 0.05) is 12.5 Å². The van der Waals surface area contributed by atoms with Crippen LogP contribution in [0.1, 0.15) is 16.7 Å². The molecule has 0 radical (unpaired) electrons. The molecule has 0 aliphatic rings. The Labute approximate surface area is 135 Å².